The molecule has 1 amide bonds. The zero-order valence-corrected chi connectivity index (χ0v) is 18.5. The number of nitriles is 1. The first-order valence-corrected chi connectivity index (χ1v) is 10.7. The van der Waals surface area contributed by atoms with Gasteiger partial charge in [0.15, 0.2) is 5.16 Å². The first-order chi connectivity index (χ1) is 15.5. The molecule has 9 heteroatoms. The molecule has 0 bridgehead atoms. The Balaban J connectivity index is 1.70. The lowest BCUT2D eigenvalue weighted by Gasteiger charge is -2.14. The highest BCUT2D eigenvalue weighted by Gasteiger charge is 2.14. The number of benzene rings is 2. The SMILES string of the molecule is C=CC(=O)Nc1cccc2c(Nc3ccc(Sc4nccn4C)c(Cl)c3)c(C#N)cnc12. The predicted molar refractivity (Wildman–Crippen MR) is 127 cm³/mol. The molecule has 0 radical (unpaired) electrons. The molecule has 2 heterocycles. The Labute approximate surface area is 193 Å². The second-order valence-electron chi connectivity index (χ2n) is 6.75. The fourth-order valence-electron chi connectivity index (χ4n) is 3.08. The van der Waals surface area contributed by atoms with E-state index in [4.69, 9.17) is 11.6 Å². The second kappa shape index (κ2) is 9.14. The minimum absolute atomic E-state index is 0.342. The van der Waals surface area contributed by atoms with Crippen LogP contribution in [-0.4, -0.2) is 20.4 Å². The van der Waals surface area contributed by atoms with Gasteiger partial charge in [-0.1, -0.05) is 42.1 Å². The maximum absolute atomic E-state index is 11.8. The molecule has 4 rings (SSSR count). The summed E-state index contributed by atoms with van der Waals surface area (Å²) < 4.78 is 1.91. The Morgan fingerprint density at radius 1 is 1.31 bits per heavy atom. The van der Waals surface area contributed by atoms with Crippen molar-refractivity contribution in [1.82, 2.24) is 14.5 Å². The number of anilines is 3. The highest BCUT2D eigenvalue weighted by Crippen LogP contribution is 2.36. The molecule has 0 saturated heterocycles. The van der Waals surface area contributed by atoms with E-state index < -0.39 is 0 Å². The first kappa shape index (κ1) is 21.4. The number of nitrogens with one attached hydrogen (secondary N) is 2. The molecule has 0 fully saturated rings. The van der Waals surface area contributed by atoms with Crippen molar-refractivity contribution in [2.24, 2.45) is 7.05 Å². The minimum Gasteiger partial charge on any atom is -0.354 e. The number of fused-ring (bicyclic) bond motifs is 1. The Morgan fingerprint density at radius 2 is 2.16 bits per heavy atom. The number of amides is 1. The van der Waals surface area contributed by atoms with Crippen LogP contribution in [0.3, 0.4) is 0 Å². The van der Waals surface area contributed by atoms with Crippen LogP contribution < -0.4 is 10.6 Å². The summed E-state index contributed by atoms with van der Waals surface area (Å²) in [4.78, 5) is 21.3. The summed E-state index contributed by atoms with van der Waals surface area (Å²) in [6, 6.07) is 13.1. The predicted octanol–water partition coefficient (Wildman–Crippen LogP) is 5.51. The van der Waals surface area contributed by atoms with E-state index in [2.05, 4.69) is 33.2 Å². The molecule has 158 valence electrons. The topological polar surface area (TPSA) is 95.6 Å². The van der Waals surface area contributed by atoms with Crippen molar-refractivity contribution >= 4 is 57.2 Å². The summed E-state index contributed by atoms with van der Waals surface area (Å²) in [6.07, 6.45) is 6.26. The molecule has 0 atom stereocenters. The molecule has 4 aromatic rings. The number of para-hydroxylation sites is 1. The fourth-order valence-corrected chi connectivity index (χ4v) is 4.19. The van der Waals surface area contributed by atoms with E-state index in [1.165, 1.54) is 24.0 Å². The Kier molecular flexibility index (Phi) is 6.12. The van der Waals surface area contributed by atoms with Crippen LogP contribution >= 0.6 is 23.4 Å². The van der Waals surface area contributed by atoms with E-state index in [-0.39, 0.29) is 5.91 Å². The molecule has 0 aliphatic carbocycles. The molecule has 32 heavy (non-hydrogen) atoms. The average Bonchev–Trinajstić information content (AvgIpc) is 3.20. The van der Waals surface area contributed by atoms with Crippen LogP contribution in [0.4, 0.5) is 17.1 Å². The minimum atomic E-state index is -0.342. The third-order valence-electron chi connectivity index (χ3n) is 4.64. The zero-order chi connectivity index (χ0) is 22.7. The van der Waals surface area contributed by atoms with Crippen LogP contribution in [0.25, 0.3) is 10.9 Å². The van der Waals surface area contributed by atoms with Crippen molar-refractivity contribution in [2.75, 3.05) is 10.6 Å². The van der Waals surface area contributed by atoms with Gasteiger partial charge in [-0.25, -0.2) is 4.98 Å². The maximum Gasteiger partial charge on any atom is 0.247 e. The molecular weight excluding hydrogens is 444 g/mol. The van der Waals surface area contributed by atoms with Crippen molar-refractivity contribution in [3.05, 3.63) is 78.2 Å². The molecule has 7 nitrogen and oxygen atoms in total. The Hall–Kier alpha value is -3.80. The highest BCUT2D eigenvalue weighted by molar-refractivity contribution is 7.99. The number of halogens is 1. The summed E-state index contributed by atoms with van der Waals surface area (Å²) >= 11 is 7.99. The summed E-state index contributed by atoms with van der Waals surface area (Å²) in [5.41, 5.74) is 2.74. The van der Waals surface area contributed by atoms with Crippen molar-refractivity contribution in [2.45, 2.75) is 10.1 Å². The van der Waals surface area contributed by atoms with Crippen molar-refractivity contribution < 1.29 is 4.79 Å². The van der Waals surface area contributed by atoms with E-state index in [0.29, 0.717) is 38.6 Å². The maximum atomic E-state index is 11.8. The summed E-state index contributed by atoms with van der Waals surface area (Å²) in [6.45, 7) is 3.47. The van der Waals surface area contributed by atoms with Crippen LogP contribution in [0.5, 0.6) is 0 Å². The van der Waals surface area contributed by atoms with Crippen LogP contribution in [0.15, 0.2) is 77.7 Å². The number of carbonyl (C=O) groups is 1. The van der Waals surface area contributed by atoms with Gasteiger partial charge >= 0.3 is 0 Å². The van der Waals surface area contributed by atoms with Gasteiger partial charge in [-0.2, -0.15) is 5.26 Å². The normalized spacial score (nSPS) is 10.5. The van der Waals surface area contributed by atoms with Crippen molar-refractivity contribution in [1.29, 1.82) is 5.26 Å². The third kappa shape index (κ3) is 4.30. The monoisotopic (exact) mass is 460 g/mol. The molecule has 0 spiro atoms. The molecular formula is C23H17ClN6OS. The number of hydrogen-bond donors (Lipinski definition) is 2. The van der Waals surface area contributed by atoms with Crippen molar-refractivity contribution in [3.8, 4) is 6.07 Å². The number of hydrogen-bond acceptors (Lipinski definition) is 6. The summed E-state index contributed by atoms with van der Waals surface area (Å²) in [7, 11) is 1.92. The third-order valence-corrected chi connectivity index (χ3v) is 6.22. The standard InChI is InChI=1S/C23H17ClN6OS/c1-3-20(31)29-18-6-4-5-16-21(14(12-25)13-27-22(16)18)28-15-7-8-19(17(24)11-15)32-23-26-9-10-30(23)2/h3-11,13H,1H2,2H3,(H,27,28)(H,29,31). The lowest BCUT2D eigenvalue weighted by Crippen LogP contribution is -2.08. The Bertz CT molecular complexity index is 1390. The van der Waals surface area contributed by atoms with E-state index >= 15 is 0 Å². The van der Waals surface area contributed by atoms with E-state index in [1.54, 1.807) is 24.4 Å². The zero-order valence-electron chi connectivity index (χ0n) is 17.0. The largest absolute Gasteiger partial charge is 0.354 e. The van der Waals surface area contributed by atoms with Gasteiger partial charge in [0.25, 0.3) is 0 Å². The van der Waals surface area contributed by atoms with E-state index in [0.717, 1.165) is 10.1 Å². The molecule has 0 aliphatic rings. The number of carbonyl (C=O) groups excluding carboxylic acids is 1. The first-order valence-electron chi connectivity index (χ1n) is 9.47. The van der Waals surface area contributed by atoms with Gasteiger partial charge in [0.2, 0.25) is 5.91 Å². The number of rotatable bonds is 6. The molecule has 2 N–H and O–H groups in total. The number of imidazole rings is 1. The van der Waals surface area contributed by atoms with Crippen LogP contribution in [-0.2, 0) is 11.8 Å². The number of aryl methyl sites for hydroxylation is 1. The van der Waals surface area contributed by atoms with Gasteiger partial charge in [0.05, 0.1) is 27.5 Å². The number of nitrogens with zero attached hydrogens (tertiary/aromatic N) is 4. The van der Waals surface area contributed by atoms with Crippen molar-refractivity contribution in [3.63, 3.8) is 0 Å². The highest BCUT2D eigenvalue weighted by atomic mass is 35.5. The lowest BCUT2D eigenvalue weighted by atomic mass is 10.1. The summed E-state index contributed by atoms with van der Waals surface area (Å²) in [5.74, 6) is -0.342. The smallest absolute Gasteiger partial charge is 0.247 e. The molecule has 0 aliphatic heterocycles. The van der Waals surface area contributed by atoms with Gasteiger partial charge in [-0.15, -0.1) is 0 Å². The molecule has 0 unspecified atom stereocenters. The van der Waals surface area contributed by atoms with Gasteiger partial charge in [0, 0.05) is 41.6 Å². The van der Waals surface area contributed by atoms with E-state index in [1.807, 2.05) is 36.0 Å². The van der Waals surface area contributed by atoms with Gasteiger partial charge in [-0.3, -0.25) is 9.78 Å². The Morgan fingerprint density at radius 3 is 2.84 bits per heavy atom. The lowest BCUT2D eigenvalue weighted by molar-refractivity contribution is -0.111. The van der Waals surface area contributed by atoms with Gasteiger partial charge < -0.3 is 15.2 Å². The summed E-state index contributed by atoms with van der Waals surface area (Å²) in [5, 5.41) is 17.7. The van der Waals surface area contributed by atoms with Crippen LogP contribution in [0.2, 0.25) is 5.02 Å². The number of aromatic nitrogens is 3. The van der Waals surface area contributed by atoms with Crippen LogP contribution in [0, 0.1) is 11.3 Å². The average molecular weight is 461 g/mol. The van der Waals surface area contributed by atoms with Gasteiger partial charge in [-0.05, 0) is 30.3 Å². The molecule has 0 saturated carbocycles. The number of pyridine rings is 1. The van der Waals surface area contributed by atoms with E-state index in [9.17, 15) is 10.1 Å². The van der Waals surface area contributed by atoms with Crippen LogP contribution in [0.1, 0.15) is 5.56 Å². The quantitative estimate of drug-likeness (QED) is 0.368. The molecule has 2 aromatic carbocycles. The second-order valence-corrected chi connectivity index (χ2v) is 8.16. The fraction of sp³-hybridized carbons (Fsp3) is 0.0435. The van der Waals surface area contributed by atoms with Gasteiger partial charge in [0.1, 0.15) is 6.07 Å². The molecule has 2 aromatic heterocycles.